The summed E-state index contributed by atoms with van der Waals surface area (Å²) in [6, 6.07) is 2.49. The van der Waals surface area contributed by atoms with E-state index in [0.717, 1.165) is 12.5 Å². The van der Waals surface area contributed by atoms with Crippen LogP contribution in [0.4, 0.5) is 4.39 Å². The van der Waals surface area contributed by atoms with Crippen molar-refractivity contribution >= 4 is 11.9 Å². The molecule has 18 heavy (non-hydrogen) atoms. The molecule has 0 bridgehead atoms. The zero-order chi connectivity index (χ0) is 13.4. The van der Waals surface area contributed by atoms with E-state index in [0.29, 0.717) is 24.9 Å². The largest absolute Gasteiger partial charge is 0.481 e. The number of aromatic nitrogens is 1. The Balaban J connectivity index is 2.17. The molecule has 0 spiro atoms. The van der Waals surface area contributed by atoms with Gasteiger partial charge in [0, 0.05) is 19.2 Å². The Kier molecular flexibility index (Phi) is 5.76. The second-order valence-electron chi connectivity index (χ2n) is 3.83. The fourth-order valence-electron chi connectivity index (χ4n) is 1.39. The van der Waals surface area contributed by atoms with Crippen molar-refractivity contribution in [3.05, 3.63) is 29.8 Å². The van der Waals surface area contributed by atoms with E-state index in [2.05, 4.69) is 10.3 Å². The van der Waals surface area contributed by atoms with E-state index in [1.54, 1.807) is 0 Å². The van der Waals surface area contributed by atoms with Gasteiger partial charge in [-0.2, -0.15) is 4.39 Å². The predicted molar refractivity (Wildman–Crippen MR) is 62.6 cm³/mol. The highest BCUT2D eigenvalue weighted by Crippen LogP contribution is 2.01. The normalized spacial score (nSPS) is 10.1. The Hall–Kier alpha value is -1.98. The number of carboxylic acids is 1. The number of pyridine rings is 1. The number of halogens is 1. The number of rotatable bonds is 7. The summed E-state index contributed by atoms with van der Waals surface area (Å²) in [5.74, 6) is -1.74. The average molecular weight is 254 g/mol. The lowest BCUT2D eigenvalue weighted by Gasteiger charge is -2.04. The Morgan fingerprint density at radius 1 is 1.28 bits per heavy atom. The van der Waals surface area contributed by atoms with Gasteiger partial charge < -0.3 is 10.4 Å². The number of carboxylic acid groups (broad SMARTS) is 1. The van der Waals surface area contributed by atoms with Crippen molar-refractivity contribution in [1.82, 2.24) is 10.3 Å². The summed E-state index contributed by atoms with van der Waals surface area (Å²) in [5.41, 5.74) is 0.307. The summed E-state index contributed by atoms with van der Waals surface area (Å²) in [6.07, 6.45) is 3.39. The molecule has 1 rings (SSSR count). The first kappa shape index (κ1) is 14.1. The zero-order valence-corrected chi connectivity index (χ0v) is 9.86. The molecule has 2 N–H and O–H groups in total. The van der Waals surface area contributed by atoms with E-state index in [4.69, 9.17) is 5.11 Å². The van der Waals surface area contributed by atoms with Crippen molar-refractivity contribution in [3.63, 3.8) is 0 Å². The van der Waals surface area contributed by atoms with Crippen molar-refractivity contribution < 1.29 is 19.1 Å². The van der Waals surface area contributed by atoms with Crippen molar-refractivity contribution in [2.24, 2.45) is 0 Å². The zero-order valence-electron chi connectivity index (χ0n) is 9.86. The number of hydrogen-bond donors (Lipinski definition) is 2. The minimum atomic E-state index is -0.809. The van der Waals surface area contributed by atoms with Crippen LogP contribution in [0.5, 0.6) is 0 Å². The molecule has 0 aliphatic heterocycles. The monoisotopic (exact) mass is 254 g/mol. The first-order chi connectivity index (χ1) is 8.59. The van der Waals surface area contributed by atoms with Crippen LogP contribution in [-0.2, 0) is 4.79 Å². The van der Waals surface area contributed by atoms with Crippen molar-refractivity contribution in [2.45, 2.75) is 25.7 Å². The highest BCUT2D eigenvalue weighted by atomic mass is 19.1. The summed E-state index contributed by atoms with van der Waals surface area (Å²) >= 11 is 0. The van der Waals surface area contributed by atoms with E-state index in [-0.39, 0.29) is 12.3 Å². The first-order valence-electron chi connectivity index (χ1n) is 5.71. The maximum absolute atomic E-state index is 12.5. The second kappa shape index (κ2) is 7.37. The number of amides is 1. The molecular formula is C12H15FN2O3. The number of unbranched alkanes of at least 4 members (excludes halogenated alkanes) is 2. The Labute approximate surface area is 104 Å². The second-order valence-corrected chi connectivity index (χ2v) is 3.83. The third kappa shape index (κ3) is 5.38. The smallest absolute Gasteiger partial charge is 0.303 e. The van der Waals surface area contributed by atoms with Crippen molar-refractivity contribution in [1.29, 1.82) is 0 Å². The lowest BCUT2D eigenvalue weighted by Crippen LogP contribution is -2.24. The Morgan fingerprint density at radius 2 is 2.06 bits per heavy atom. The maximum atomic E-state index is 12.5. The number of aliphatic carboxylic acids is 1. The molecule has 0 saturated heterocycles. The SMILES string of the molecule is O=C(O)CCCCCNC(=O)c1ccc(F)nc1. The molecule has 1 aromatic rings. The van der Waals surface area contributed by atoms with Gasteiger partial charge in [-0.05, 0) is 25.0 Å². The molecule has 98 valence electrons. The van der Waals surface area contributed by atoms with Crippen LogP contribution in [0.1, 0.15) is 36.0 Å². The molecule has 0 aliphatic carbocycles. The molecule has 5 nitrogen and oxygen atoms in total. The lowest BCUT2D eigenvalue weighted by molar-refractivity contribution is -0.137. The number of carbonyl (C=O) groups is 2. The van der Waals surface area contributed by atoms with Gasteiger partial charge in [0.05, 0.1) is 5.56 Å². The van der Waals surface area contributed by atoms with Gasteiger partial charge in [-0.25, -0.2) is 4.98 Å². The fraction of sp³-hybridized carbons (Fsp3) is 0.417. The van der Waals surface area contributed by atoms with E-state index in [1.807, 2.05) is 0 Å². The summed E-state index contributed by atoms with van der Waals surface area (Å²) in [7, 11) is 0. The minimum Gasteiger partial charge on any atom is -0.481 e. The molecule has 0 aliphatic rings. The third-order valence-electron chi connectivity index (χ3n) is 2.34. The van der Waals surface area contributed by atoms with Gasteiger partial charge in [0.15, 0.2) is 0 Å². The summed E-state index contributed by atoms with van der Waals surface area (Å²) in [4.78, 5) is 25.2. The van der Waals surface area contributed by atoms with Crippen LogP contribution in [0.3, 0.4) is 0 Å². The van der Waals surface area contributed by atoms with Gasteiger partial charge in [-0.3, -0.25) is 9.59 Å². The minimum absolute atomic E-state index is 0.149. The van der Waals surface area contributed by atoms with Gasteiger partial charge in [0.1, 0.15) is 0 Å². The van der Waals surface area contributed by atoms with E-state index < -0.39 is 11.9 Å². The molecule has 1 amide bonds. The topological polar surface area (TPSA) is 79.3 Å². The number of hydrogen-bond acceptors (Lipinski definition) is 3. The molecule has 1 aromatic heterocycles. The molecule has 0 atom stereocenters. The summed E-state index contributed by atoms with van der Waals surface area (Å²) in [5, 5.41) is 11.1. The van der Waals surface area contributed by atoms with Crippen LogP contribution in [-0.4, -0.2) is 28.5 Å². The maximum Gasteiger partial charge on any atom is 0.303 e. The van der Waals surface area contributed by atoms with Crippen LogP contribution < -0.4 is 5.32 Å². The molecule has 0 radical (unpaired) electrons. The van der Waals surface area contributed by atoms with E-state index in [1.165, 1.54) is 12.3 Å². The van der Waals surface area contributed by atoms with E-state index in [9.17, 15) is 14.0 Å². The molecule has 0 saturated carbocycles. The summed E-state index contributed by atoms with van der Waals surface area (Å²) in [6.45, 7) is 0.468. The van der Waals surface area contributed by atoms with Gasteiger partial charge >= 0.3 is 5.97 Å². The standard InChI is InChI=1S/C12H15FN2O3/c13-10-6-5-9(8-15-10)12(18)14-7-3-1-2-4-11(16)17/h5-6,8H,1-4,7H2,(H,14,18)(H,16,17). The molecule has 0 unspecified atom stereocenters. The molecular weight excluding hydrogens is 239 g/mol. The van der Waals surface area contributed by atoms with Crippen LogP contribution in [0, 0.1) is 5.95 Å². The average Bonchev–Trinajstić information content (AvgIpc) is 2.34. The molecule has 1 heterocycles. The van der Waals surface area contributed by atoms with Gasteiger partial charge in [-0.1, -0.05) is 6.42 Å². The highest BCUT2D eigenvalue weighted by molar-refractivity contribution is 5.93. The van der Waals surface area contributed by atoms with Gasteiger partial charge in [-0.15, -0.1) is 0 Å². The predicted octanol–water partition coefficient (Wildman–Crippen LogP) is 1.60. The van der Waals surface area contributed by atoms with Crippen LogP contribution in [0.15, 0.2) is 18.3 Å². The number of nitrogens with zero attached hydrogens (tertiary/aromatic N) is 1. The number of carbonyl (C=O) groups excluding carboxylic acids is 1. The van der Waals surface area contributed by atoms with Crippen molar-refractivity contribution in [2.75, 3.05) is 6.54 Å². The molecule has 0 aromatic carbocycles. The lowest BCUT2D eigenvalue weighted by atomic mass is 10.2. The van der Waals surface area contributed by atoms with Gasteiger partial charge in [0.25, 0.3) is 5.91 Å². The molecule has 6 heteroatoms. The Bertz CT molecular complexity index is 406. The highest BCUT2D eigenvalue weighted by Gasteiger charge is 2.05. The summed E-state index contributed by atoms with van der Waals surface area (Å²) < 4.78 is 12.5. The van der Waals surface area contributed by atoms with Crippen LogP contribution in [0.2, 0.25) is 0 Å². The Morgan fingerprint density at radius 3 is 2.67 bits per heavy atom. The third-order valence-corrected chi connectivity index (χ3v) is 2.34. The number of nitrogens with one attached hydrogen (secondary N) is 1. The van der Waals surface area contributed by atoms with Crippen LogP contribution >= 0.6 is 0 Å². The molecule has 0 fully saturated rings. The van der Waals surface area contributed by atoms with Crippen molar-refractivity contribution in [3.8, 4) is 0 Å². The van der Waals surface area contributed by atoms with E-state index >= 15 is 0 Å². The van der Waals surface area contributed by atoms with Crippen LogP contribution in [0.25, 0.3) is 0 Å². The van der Waals surface area contributed by atoms with Gasteiger partial charge in [0.2, 0.25) is 5.95 Å². The quantitative estimate of drug-likeness (QED) is 0.572. The first-order valence-corrected chi connectivity index (χ1v) is 5.71. The fourth-order valence-corrected chi connectivity index (χ4v) is 1.39.